The zero-order valence-corrected chi connectivity index (χ0v) is 14.7. The van der Waals surface area contributed by atoms with Gasteiger partial charge in [0.05, 0.1) is 5.75 Å². The second-order valence-corrected chi connectivity index (χ2v) is 8.28. The largest absolute Gasteiger partial charge is 0.215 e. The van der Waals surface area contributed by atoms with Crippen LogP contribution in [0.5, 0.6) is 0 Å². The third-order valence-electron chi connectivity index (χ3n) is 3.03. The molecule has 2 aromatic rings. The molecule has 0 unspecified atom stereocenters. The topological polar surface area (TPSA) is 46.2 Å². The standard InChI is InChI=1S/C16H17ClFNO2S2/c17-15-6-3-4-13(10-15)12-23(20,21)19-8-9-22-11-14-5-1-2-7-16(14)18/h1-7,10,19H,8-9,11-12H2. The van der Waals surface area contributed by atoms with Crippen LogP contribution in [0, 0.1) is 5.82 Å². The van der Waals surface area contributed by atoms with E-state index in [0.717, 1.165) is 0 Å². The molecular formula is C16H17ClFNO2S2. The minimum atomic E-state index is -3.40. The van der Waals surface area contributed by atoms with Gasteiger partial charge in [-0.05, 0) is 29.3 Å². The summed E-state index contributed by atoms with van der Waals surface area (Å²) in [6.07, 6.45) is 0. The van der Waals surface area contributed by atoms with E-state index in [4.69, 9.17) is 11.6 Å². The first-order valence-corrected chi connectivity index (χ1v) is 10.2. The highest BCUT2D eigenvalue weighted by Crippen LogP contribution is 2.15. The summed E-state index contributed by atoms with van der Waals surface area (Å²) in [4.78, 5) is 0. The van der Waals surface area contributed by atoms with Gasteiger partial charge in [-0.3, -0.25) is 0 Å². The van der Waals surface area contributed by atoms with Crippen molar-refractivity contribution in [3.8, 4) is 0 Å². The Morgan fingerprint density at radius 3 is 2.65 bits per heavy atom. The zero-order chi connectivity index (χ0) is 16.7. The van der Waals surface area contributed by atoms with Gasteiger partial charge < -0.3 is 0 Å². The minimum absolute atomic E-state index is 0.106. The smallest absolute Gasteiger partial charge is 0.214 e. The summed E-state index contributed by atoms with van der Waals surface area (Å²) in [5.74, 6) is 0.749. The van der Waals surface area contributed by atoms with E-state index in [1.54, 1.807) is 42.5 Å². The lowest BCUT2D eigenvalue weighted by Gasteiger charge is -2.07. The summed E-state index contributed by atoms with van der Waals surface area (Å²) in [5.41, 5.74) is 1.27. The van der Waals surface area contributed by atoms with Gasteiger partial charge in [0, 0.05) is 23.1 Å². The predicted octanol–water partition coefficient (Wildman–Crippen LogP) is 3.83. The van der Waals surface area contributed by atoms with Gasteiger partial charge in [-0.25, -0.2) is 17.5 Å². The van der Waals surface area contributed by atoms with Gasteiger partial charge >= 0.3 is 0 Å². The lowest BCUT2D eigenvalue weighted by Crippen LogP contribution is -2.27. The van der Waals surface area contributed by atoms with E-state index in [-0.39, 0.29) is 11.6 Å². The van der Waals surface area contributed by atoms with Gasteiger partial charge in [-0.2, -0.15) is 11.8 Å². The molecule has 7 heteroatoms. The average Bonchev–Trinajstić information content (AvgIpc) is 2.48. The molecule has 0 aliphatic rings. The van der Waals surface area contributed by atoms with Crippen LogP contribution in [0.4, 0.5) is 4.39 Å². The third kappa shape index (κ3) is 6.51. The quantitative estimate of drug-likeness (QED) is 0.715. The number of benzene rings is 2. The van der Waals surface area contributed by atoms with Gasteiger partial charge in [0.1, 0.15) is 5.82 Å². The first-order chi connectivity index (χ1) is 11.0. The molecule has 1 N–H and O–H groups in total. The summed E-state index contributed by atoms with van der Waals surface area (Å²) in [6, 6.07) is 13.4. The molecule has 0 aliphatic carbocycles. The molecule has 0 saturated heterocycles. The molecule has 0 bridgehead atoms. The molecule has 0 aromatic heterocycles. The monoisotopic (exact) mass is 373 g/mol. The van der Waals surface area contributed by atoms with Crippen molar-refractivity contribution in [3.63, 3.8) is 0 Å². The predicted molar refractivity (Wildman–Crippen MR) is 94.6 cm³/mol. The Hall–Kier alpha value is -1.08. The van der Waals surface area contributed by atoms with Crippen LogP contribution in [0.15, 0.2) is 48.5 Å². The second-order valence-electron chi connectivity index (χ2n) is 4.93. The number of rotatable bonds is 8. The summed E-state index contributed by atoms with van der Waals surface area (Å²) < 4.78 is 39.9. The van der Waals surface area contributed by atoms with E-state index in [0.29, 0.717) is 34.2 Å². The van der Waals surface area contributed by atoms with Crippen molar-refractivity contribution in [1.82, 2.24) is 4.72 Å². The number of hydrogen-bond donors (Lipinski definition) is 1. The van der Waals surface area contributed by atoms with E-state index in [1.165, 1.54) is 17.8 Å². The normalized spacial score (nSPS) is 11.6. The SMILES string of the molecule is O=S(=O)(Cc1cccc(Cl)c1)NCCSCc1ccccc1F. The Kier molecular flexibility index (Phi) is 6.89. The Morgan fingerprint density at radius 1 is 1.13 bits per heavy atom. The third-order valence-corrected chi connectivity index (χ3v) is 5.63. The fourth-order valence-corrected chi connectivity index (χ4v) is 4.28. The molecule has 23 heavy (non-hydrogen) atoms. The molecule has 0 aliphatic heterocycles. The average molecular weight is 374 g/mol. The fourth-order valence-electron chi connectivity index (χ4n) is 1.96. The van der Waals surface area contributed by atoms with Crippen molar-refractivity contribution < 1.29 is 12.8 Å². The van der Waals surface area contributed by atoms with Crippen molar-refractivity contribution in [3.05, 3.63) is 70.5 Å². The molecule has 0 spiro atoms. The van der Waals surface area contributed by atoms with Crippen molar-refractivity contribution in [2.75, 3.05) is 12.3 Å². The van der Waals surface area contributed by atoms with Crippen LogP contribution in [0.2, 0.25) is 5.02 Å². The highest BCUT2D eigenvalue weighted by molar-refractivity contribution is 7.98. The zero-order valence-electron chi connectivity index (χ0n) is 12.3. The molecule has 0 saturated carbocycles. The van der Waals surface area contributed by atoms with Crippen molar-refractivity contribution in [1.29, 1.82) is 0 Å². The molecule has 0 amide bonds. The highest BCUT2D eigenvalue weighted by atomic mass is 35.5. The van der Waals surface area contributed by atoms with Crippen LogP contribution in [0.1, 0.15) is 11.1 Å². The first kappa shape index (κ1) is 18.3. The number of thioether (sulfide) groups is 1. The van der Waals surface area contributed by atoms with Gasteiger partial charge in [0.15, 0.2) is 0 Å². The van der Waals surface area contributed by atoms with Gasteiger partial charge in [-0.15, -0.1) is 0 Å². The van der Waals surface area contributed by atoms with Gasteiger partial charge in [0.25, 0.3) is 0 Å². The maximum Gasteiger partial charge on any atom is 0.215 e. The summed E-state index contributed by atoms with van der Waals surface area (Å²) >= 11 is 7.32. The van der Waals surface area contributed by atoms with Crippen molar-refractivity contribution in [2.24, 2.45) is 0 Å². The lowest BCUT2D eigenvalue weighted by atomic mass is 10.2. The molecule has 3 nitrogen and oxygen atoms in total. The van der Waals surface area contributed by atoms with E-state index in [9.17, 15) is 12.8 Å². The van der Waals surface area contributed by atoms with Crippen molar-refractivity contribution >= 4 is 33.4 Å². The van der Waals surface area contributed by atoms with E-state index in [1.807, 2.05) is 0 Å². The van der Waals surface area contributed by atoms with Gasteiger partial charge in [0.2, 0.25) is 10.0 Å². The number of hydrogen-bond acceptors (Lipinski definition) is 3. The molecule has 2 rings (SSSR count). The highest BCUT2D eigenvalue weighted by Gasteiger charge is 2.11. The maximum absolute atomic E-state index is 13.4. The Bertz CT molecular complexity index is 753. The fraction of sp³-hybridized carbons (Fsp3) is 0.250. The Morgan fingerprint density at radius 2 is 1.91 bits per heavy atom. The number of nitrogens with one attached hydrogen (secondary N) is 1. The Balaban J connectivity index is 1.74. The van der Waals surface area contributed by atoms with Crippen LogP contribution in [0.3, 0.4) is 0 Å². The Labute approximate surface area is 145 Å². The van der Waals surface area contributed by atoms with Crippen molar-refractivity contribution in [2.45, 2.75) is 11.5 Å². The van der Waals surface area contributed by atoms with Crippen LogP contribution >= 0.6 is 23.4 Å². The molecule has 2 aromatic carbocycles. The first-order valence-electron chi connectivity index (χ1n) is 6.99. The van der Waals surface area contributed by atoms with E-state index >= 15 is 0 Å². The molecule has 0 fully saturated rings. The van der Waals surface area contributed by atoms with Crippen LogP contribution in [-0.2, 0) is 21.5 Å². The minimum Gasteiger partial charge on any atom is -0.214 e. The molecular weight excluding hydrogens is 357 g/mol. The maximum atomic E-state index is 13.4. The molecule has 124 valence electrons. The summed E-state index contributed by atoms with van der Waals surface area (Å²) in [5, 5.41) is 0.512. The summed E-state index contributed by atoms with van der Waals surface area (Å²) in [7, 11) is -3.40. The molecule has 0 atom stereocenters. The lowest BCUT2D eigenvalue weighted by molar-refractivity contribution is 0.583. The summed E-state index contributed by atoms with van der Waals surface area (Å²) in [6.45, 7) is 0.308. The number of sulfonamides is 1. The molecule has 0 radical (unpaired) electrons. The number of halogens is 2. The van der Waals surface area contributed by atoms with E-state index in [2.05, 4.69) is 4.72 Å². The van der Waals surface area contributed by atoms with Crippen LogP contribution < -0.4 is 4.72 Å². The molecule has 0 heterocycles. The van der Waals surface area contributed by atoms with Gasteiger partial charge in [-0.1, -0.05) is 41.9 Å². The van der Waals surface area contributed by atoms with Crippen LogP contribution in [0.25, 0.3) is 0 Å². The second kappa shape index (κ2) is 8.68. The van der Waals surface area contributed by atoms with Crippen LogP contribution in [-0.4, -0.2) is 20.7 Å². The van der Waals surface area contributed by atoms with E-state index < -0.39 is 10.0 Å².